The molecule has 0 unspecified atom stereocenters. The zero-order valence-electron chi connectivity index (χ0n) is 27.1. The van der Waals surface area contributed by atoms with E-state index in [-0.39, 0.29) is 6.54 Å². The van der Waals surface area contributed by atoms with E-state index < -0.39 is 10.8 Å². The minimum Gasteiger partial charge on any atom is -0.378 e. The van der Waals surface area contributed by atoms with E-state index in [4.69, 9.17) is 23.2 Å². The highest BCUT2D eigenvalue weighted by atomic mass is 35.5. The first-order valence-corrected chi connectivity index (χ1v) is 18.7. The fourth-order valence-electron chi connectivity index (χ4n) is 6.00. The Labute approximate surface area is 293 Å². The molecule has 4 heterocycles. The van der Waals surface area contributed by atoms with Crippen molar-refractivity contribution in [2.75, 3.05) is 9.62 Å². The van der Waals surface area contributed by atoms with Gasteiger partial charge in [0, 0.05) is 41.7 Å². The molecule has 0 radical (unpaired) electrons. The maximum absolute atomic E-state index is 11.3. The van der Waals surface area contributed by atoms with Crippen LogP contribution in [0.1, 0.15) is 67.4 Å². The number of aromatic nitrogens is 6. The lowest BCUT2D eigenvalue weighted by molar-refractivity contribution is 0.478. The summed E-state index contributed by atoms with van der Waals surface area (Å²) in [6.07, 6.45) is 9.04. The number of halogens is 2. The minimum absolute atomic E-state index is 0.241. The van der Waals surface area contributed by atoms with Crippen LogP contribution in [-0.4, -0.2) is 38.6 Å². The zero-order chi connectivity index (χ0) is 33.5. The molecule has 0 amide bonds. The molecule has 7 rings (SSSR count). The van der Waals surface area contributed by atoms with E-state index in [2.05, 4.69) is 34.8 Å². The number of aryl methyl sites for hydroxylation is 3. The van der Waals surface area contributed by atoms with Crippen molar-refractivity contribution in [1.29, 1.82) is 0 Å². The van der Waals surface area contributed by atoms with E-state index in [1.165, 1.54) is 25.7 Å². The number of anilines is 2. The second kappa shape index (κ2) is 15.7. The monoisotopic (exact) mass is 708 g/mol. The highest BCUT2D eigenvalue weighted by Gasteiger charge is 2.28. The molecule has 5 aromatic rings. The molecular weight excluding hydrogens is 667 g/mol. The number of nitrogens with one attached hydrogen (secondary N) is 1. The molecule has 3 N–H and O–H groups in total. The second-order valence-electron chi connectivity index (χ2n) is 12.2. The summed E-state index contributed by atoms with van der Waals surface area (Å²) >= 11 is 11.9. The van der Waals surface area contributed by atoms with Crippen LogP contribution in [0.3, 0.4) is 0 Å². The van der Waals surface area contributed by atoms with Gasteiger partial charge < -0.3 is 14.5 Å². The van der Waals surface area contributed by atoms with Gasteiger partial charge in [-0.15, -0.1) is 20.4 Å². The summed E-state index contributed by atoms with van der Waals surface area (Å²) in [7, 11) is -3.29. The average molecular weight is 710 g/mol. The van der Waals surface area contributed by atoms with Crippen LogP contribution in [0.15, 0.2) is 77.7 Å². The largest absolute Gasteiger partial charge is 0.378 e. The summed E-state index contributed by atoms with van der Waals surface area (Å²) < 4.78 is 28.6. The number of hydrogen-bond acceptors (Lipinski definition) is 8. The molecule has 3 aromatic carbocycles. The SMILES string of the molecule is Cc1ccc(S(O)(O)N(Cc2nnc3n2CCCCC3)c2ccc(Cl)cc2)cc1.Clc1ccc(NCc2nnc3n2CCCCC3)cc1. The van der Waals surface area contributed by atoms with Crippen LogP contribution in [0, 0.1) is 6.92 Å². The summed E-state index contributed by atoms with van der Waals surface area (Å²) in [5.74, 6) is 3.86. The van der Waals surface area contributed by atoms with E-state index in [1.54, 1.807) is 40.7 Å². The van der Waals surface area contributed by atoms with Gasteiger partial charge in [0.25, 0.3) is 0 Å². The maximum Gasteiger partial charge on any atom is 0.154 e. The van der Waals surface area contributed by atoms with Gasteiger partial charge in [-0.25, -0.2) is 0 Å². The molecule has 2 aromatic heterocycles. The lowest BCUT2D eigenvalue weighted by Gasteiger charge is -2.44. The van der Waals surface area contributed by atoms with Crippen molar-refractivity contribution in [2.24, 2.45) is 0 Å². The van der Waals surface area contributed by atoms with Gasteiger partial charge in [-0.1, -0.05) is 64.5 Å². The lowest BCUT2D eigenvalue weighted by atomic mass is 10.2. The normalized spacial score (nSPS) is 14.9. The fourth-order valence-corrected chi connectivity index (χ4v) is 7.72. The first-order chi connectivity index (χ1) is 23.3. The Morgan fingerprint density at radius 1 is 0.688 bits per heavy atom. The van der Waals surface area contributed by atoms with Crippen LogP contribution in [0.5, 0.6) is 0 Å². The van der Waals surface area contributed by atoms with Crippen LogP contribution in [0.2, 0.25) is 10.0 Å². The van der Waals surface area contributed by atoms with Crippen molar-refractivity contribution < 1.29 is 9.11 Å². The maximum atomic E-state index is 11.3. The number of hydrogen-bond donors (Lipinski definition) is 3. The minimum atomic E-state index is -3.29. The van der Waals surface area contributed by atoms with Crippen molar-refractivity contribution in [3.63, 3.8) is 0 Å². The van der Waals surface area contributed by atoms with Crippen molar-refractivity contribution in [1.82, 2.24) is 29.5 Å². The van der Waals surface area contributed by atoms with Crippen molar-refractivity contribution >= 4 is 45.4 Å². The Morgan fingerprint density at radius 2 is 1.23 bits per heavy atom. The molecule has 0 saturated heterocycles. The van der Waals surface area contributed by atoms with Gasteiger partial charge in [-0.3, -0.25) is 13.4 Å². The van der Waals surface area contributed by atoms with Crippen LogP contribution in [0.4, 0.5) is 11.4 Å². The first kappa shape index (κ1) is 34.3. The Bertz CT molecular complexity index is 1780. The van der Waals surface area contributed by atoms with Gasteiger partial charge in [-0.05, 0) is 93.3 Å². The van der Waals surface area contributed by atoms with E-state index in [1.807, 2.05) is 43.3 Å². The molecule has 254 valence electrons. The smallest absolute Gasteiger partial charge is 0.154 e. The van der Waals surface area contributed by atoms with Gasteiger partial charge in [-0.2, -0.15) is 0 Å². The van der Waals surface area contributed by atoms with E-state index >= 15 is 0 Å². The molecule has 0 fully saturated rings. The molecule has 0 aliphatic carbocycles. The summed E-state index contributed by atoms with van der Waals surface area (Å²) in [5, 5.41) is 22.0. The molecule has 2 aliphatic heterocycles. The summed E-state index contributed by atoms with van der Waals surface area (Å²) in [6.45, 7) is 4.81. The van der Waals surface area contributed by atoms with Crippen LogP contribution in [-0.2, 0) is 39.0 Å². The summed E-state index contributed by atoms with van der Waals surface area (Å²) in [6, 6.07) is 22.1. The van der Waals surface area contributed by atoms with Gasteiger partial charge in [0.1, 0.15) is 11.6 Å². The third kappa shape index (κ3) is 8.33. The molecule has 10 nitrogen and oxygen atoms in total. The van der Waals surface area contributed by atoms with E-state index in [0.29, 0.717) is 22.2 Å². The Kier molecular flexibility index (Phi) is 11.2. The molecule has 2 aliphatic rings. The first-order valence-electron chi connectivity index (χ1n) is 16.5. The Morgan fingerprint density at radius 3 is 1.83 bits per heavy atom. The quantitative estimate of drug-likeness (QED) is 0.146. The number of nitrogens with zero attached hydrogens (tertiary/aromatic N) is 7. The highest BCUT2D eigenvalue weighted by Crippen LogP contribution is 2.54. The molecule has 0 atom stereocenters. The van der Waals surface area contributed by atoms with Crippen LogP contribution in [0.25, 0.3) is 0 Å². The Balaban J connectivity index is 0.000000182. The molecule has 0 saturated carbocycles. The third-order valence-electron chi connectivity index (χ3n) is 8.71. The molecule has 0 bridgehead atoms. The van der Waals surface area contributed by atoms with Crippen molar-refractivity contribution in [3.8, 4) is 0 Å². The third-order valence-corrected chi connectivity index (χ3v) is 11.1. The molecule has 13 heteroatoms. The second-order valence-corrected chi connectivity index (χ2v) is 15.0. The van der Waals surface area contributed by atoms with Crippen molar-refractivity contribution in [2.45, 2.75) is 89.4 Å². The predicted molar refractivity (Wildman–Crippen MR) is 194 cm³/mol. The number of rotatable bonds is 8. The number of benzene rings is 3. The Hall–Kier alpha value is -3.61. The van der Waals surface area contributed by atoms with Gasteiger partial charge >= 0.3 is 0 Å². The predicted octanol–water partition coefficient (Wildman–Crippen LogP) is 8.97. The van der Waals surface area contributed by atoms with Crippen molar-refractivity contribution in [3.05, 3.63) is 112 Å². The van der Waals surface area contributed by atoms with Crippen LogP contribution >= 0.6 is 34.0 Å². The molecule has 0 spiro atoms. The van der Waals surface area contributed by atoms with Gasteiger partial charge in [0.15, 0.2) is 11.6 Å². The fraction of sp³-hybridized carbons (Fsp3) is 0.371. The van der Waals surface area contributed by atoms with E-state index in [0.717, 1.165) is 78.3 Å². The van der Waals surface area contributed by atoms with Crippen LogP contribution < -0.4 is 9.62 Å². The lowest BCUT2D eigenvalue weighted by Crippen LogP contribution is -2.29. The molecule has 48 heavy (non-hydrogen) atoms. The zero-order valence-corrected chi connectivity index (χ0v) is 29.4. The average Bonchev–Trinajstić information content (AvgIpc) is 3.45. The summed E-state index contributed by atoms with van der Waals surface area (Å²) in [4.78, 5) is 0.466. The number of fused-ring (bicyclic) bond motifs is 2. The highest BCUT2D eigenvalue weighted by molar-refractivity contribution is 8.25. The topological polar surface area (TPSA) is 117 Å². The molecular formula is C35H42Cl2N8O2S. The van der Waals surface area contributed by atoms with Gasteiger partial charge in [0.05, 0.1) is 23.7 Å². The van der Waals surface area contributed by atoms with E-state index in [9.17, 15) is 9.11 Å². The standard InChI is InChI=1S/C21H25ClN4O2S.C14H17ClN4/c1-16-6-12-19(13-7-16)29(27,28)26(18-10-8-17(22)9-11-18)15-21-24-23-20-5-3-2-4-14-25(20)21;15-11-5-7-12(8-6-11)16-10-14-18-17-13-4-2-1-3-9-19(13)14/h6-13,27-28H,2-5,14-15H2,1H3;5-8,16H,1-4,9-10H2. The summed E-state index contributed by atoms with van der Waals surface area (Å²) in [5.41, 5.74) is 2.78. The van der Waals surface area contributed by atoms with Gasteiger partial charge in [0.2, 0.25) is 0 Å².